The molecule has 0 saturated carbocycles. The number of nitrogens with zero attached hydrogens (tertiary/aromatic N) is 1. The number of nitrogen functional groups attached to an aromatic ring is 1. The lowest BCUT2D eigenvalue weighted by Gasteiger charge is -2.10. The van der Waals surface area contributed by atoms with Crippen molar-refractivity contribution in [2.24, 2.45) is 0 Å². The molecule has 3 nitrogen and oxygen atoms in total. The van der Waals surface area contributed by atoms with Crippen LogP contribution in [-0.4, -0.2) is 4.98 Å². The second kappa shape index (κ2) is 5.46. The molecule has 0 amide bonds. The molecule has 0 atom stereocenters. The van der Waals surface area contributed by atoms with E-state index in [1.807, 2.05) is 19.1 Å². The van der Waals surface area contributed by atoms with Gasteiger partial charge in [-0.25, -0.2) is 4.98 Å². The molecule has 2 rings (SSSR count). The van der Waals surface area contributed by atoms with Gasteiger partial charge in [-0.3, -0.25) is 0 Å². The molecule has 0 fully saturated rings. The second-order valence-electron chi connectivity index (χ2n) is 3.86. The molecule has 94 valence electrons. The summed E-state index contributed by atoms with van der Waals surface area (Å²) in [5.41, 5.74) is 7.18. The fourth-order valence-electron chi connectivity index (χ4n) is 1.52. The van der Waals surface area contributed by atoms with Crippen molar-refractivity contribution in [3.05, 3.63) is 51.6 Å². The highest BCUT2D eigenvalue weighted by molar-refractivity contribution is 6.31. The number of pyridine rings is 1. The number of aromatic nitrogens is 1. The van der Waals surface area contributed by atoms with Crippen LogP contribution in [0.1, 0.15) is 11.3 Å². The van der Waals surface area contributed by atoms with Crippen LogP contribution >= 0.6 is 23.2 Å². The summed E-state index contributed by atoms with van der Waals surface area (Å²) in [6.07, 6.45) is 0. The molecule has 2 N–H and O–H groups in total. The summed E-state index contributed by atoms with van der Waals surface area (Å²) in [4.78, 5) is 4.13. The van der Waals surface area contributed by atoms with E-state index < -0.39 is 0 Å². The van der Waals surface area contributed by atoms with Crippen LogP contribution in [0, 0.1) is 6.92 Å². The number of hydrogen-bond acceptors (Lipinski definition) is 3. The van der Waals surface area contributed by atoms with Crippen LogP contribution in [0.3, 0.4) is 0 Å². The van der Waals surface area contributed by atoms with Crippen LogP contribution in [0.4, 0.5) is 5.82 Å². The summed E-state index contributed by atoms with van der Waals surface area (Å²) in [5.74, 6) is 1.17. The minimum Gasteiger partial charge on any atom is -0.487 e. The highest BCUT2D eigenvalue weighted by Gasteiger charge is 2.06. The van der Waals surface area contributed by atoms with Crippen LogP contribution in [0.2, 0.25) is 10.0 Å². The van der Waals surface area contributed by atoms with E-state index in [9.17, 15) is 0 Å². The maximum absolute atomic E-state index is 6.01. The molecule has 5 heteroatoms. The predicted octanol–water partition coefficient (Wildman–Crippen LogP) is 3.86. The third-order valence-electron chi connectivity index (χ3n) is 2.44. The molecular weight excluding hydrogens is 271 g/mol. The van der Waals surface area contributed by atoms with Crippen LogP contribution in [0.15, 0.2) is 30.3 Å². The van der Waals surface area contributed by atoms with Crippen LogP contribution < -0.4 is 10.5 Å². The third kappa shape index (κ3) is 3.06. The first-order chi connectivity index (χ1) is 8.56. The van der Waals surface area contributed by atoms with E-state index in [1.54, 1.807) is 18.2 Å². The van der Waals surface area contributed by atoms with E-state index in [0.717, 1.165) is 11.3 Å². The van der Waals surface area contributed by atoms with E-state index in [1.165, 1.54) is 0 Å². The third-order valence-corrected chi connectivity index (χ3v) is 3.02. The maximum Gasteiger partial charge on any atom is 0.132 e. The van der Waals surface area contributed by atoms with Gasteiger partial charge in [0.1, 0.15) is 18.2 Å². The first-order valence-electron chi connectivity index (χ1n) is 5.36. The molecule has 1 aromatic carbocycles. The molecule has 2 aromatic rings. The monoisotopic (exact) mass is 282 g/mol. The van der Waals surface area contributed by atoms with Gasteiger partial charge in [0.05, 0.1) is 10.7 Å². The minimum absolute atomic E-state index is 0.270. The van der Waals surface area contributed by atoms with Crippen molar-refractivity contribution in [2.75, 3.05) is 5.73 Å². The average Bonchev–Trinajstić information content (AvgIpc) is 2.32. The van der Waals surface area contributed by atoms with Gasteiger partial charge in [0.2, 0.25) is 0 Å². The van der Waals surface area contributed by atoms with Gasteiger partial charge in [0.25, 0.3) is 0 Å². The van der Waals surface area contributed by atoms with Crippen LogP contribution in [0.5, 0.6) is 5.75 Å². The Morgan fingerprint density at radius 1 is 1.22 bits per heavy atom. The molecule has 18 heavy (non-hydrogen) atoms. The zero-order valence-electron chi connectivity index (χ0n) is 9.78. The smallest absolute Gasteiger partial charge is 0.132 e. The summed E-state index contributed by atoms with van der Waals surface area (Å²) in [5, 5.41) is 1.22. The van der Waals surface area contributed by atoms with E-state index in [-0.39, 0.29) is 6.61 Å². The van der Waals surface area contributed by atoms with Crippen molar-refractivity contribution < 1.29 is 4.74 Å². The van der Waals surface area contributed by atoms with E-state index in [4.69, 9.17) is 33.7 Å². The quantitative estimate of drug-likeness (QED) is 0.930. The zero-order valence-corrected chi connectivity index (χ0v) is 11.3. The minimum atomic E-state index is 0.270. The Bertz CT molecular complexity index is 573. The first kappa shape index (κ1) is 13.0. The lowest BCUT2D eigenvalue weighted by Crippen LogP contribution is -2.02. The van der Waals surface area contributed by atoms with Crippen molar-refractivity contribution in [3.8, 4) is 5.75 Å². The number of hydrogen-bond donors (Lipinski definition) is 1. The van der Waals surface area contributed by atoms with Gasteiger partial charge in [-0.05, 0) is 42.8 Å². The van der Waals surface area contributed by atoms with E-state index in [0.29, 0.717) is 21.6 Å². The molecule has 0 aliphatic rings. The fourth-order valence-corrected chi connectivity index (χ4v) is 1.91. The Labute approximate surface area is 115 Å². The number of aryl methyl sites for hydroxylation is 1. The molecule has 0 spiro atoms. The number of nitrogens with two attached hydrogens (primary N) is 1. The van der Waals surface area contributed by atoms with Crippen molar-refractivity contribution in [1.82, 2.24) is 4.98 Å². The van der Waals surface area contributed by atoms with E-state index >= 15 is 0 Å². The molecule has 1 aromatic heterocycles. The Morgan fingerprint density at radius 2 is 2.00 bits per heavy atom. The number of anilines is 1. The van der Waals surface area contributed by atoms with Crippen molar-refractivity contribution in [1.29, 1.82) is 0 Å². The molecule has 0 saturated heterocycles. The Morgan fingerprint density at radius 3 is 2.72 bits per heavy atom. The average molecular weight is 283 g/mol. The molecule has 0 radical (unpaired) electrons. The standard InChI is InChI=1S/C13H12Cl2N2O/c1-8-6-9(14)2-4-12(8)18-7-11-10(15)3-5-13(16)17-11/h2-6H,7H2,1H3,(H2,16,17). The Balaban J connectivity index is 2.13. The molecule has 0 bridgehead atoms. The molecule has 1 heterocycles. The van der Waals surface area contributed by atoms with Crippen LogP contribution in [0.25, 0.3) is 0 Å². The summed E-state index contributed by atoms with van der Waals surface area (Å²) in [6, 6.07) is 8.79. The SMILES string of the molecule is Cc1cc(Cl)ccc1OCc1nc(N)ccc1Cl. The van der Waals surface area contributed by atoms with Gasteiger partial charge in [0.15, 0.2) is 0 Å². The molecule has 0 aliphatic carbocycles. The summed E-state index contributed by atoms with van der Waals surface area (Å²) >= 11 is 11.9. The maximum atomic E-state index is 6.01. The number of halogens is 2. The zero-order chi connectivity index (χ0) is 13.1. The van der Waals surface area contributed by atoms with Crippen molar-refractivity contribution in [2.45, 2.75) is 13.5 Å². The number of benzene rings is 1. The lowest BCUT2D eigenvalue weighted by atomic mass is 10.2. The van der Waals surface area contributed by atoms with Gasteiger partial charge >= 0.3 is 0 Å². The topological polar surface area (TPSA) is 48.1 Å². The number of rotatable bonds is 3. The van der Waals surface area contributed by atoms with Gasteiger partial charge < -0.3 is 10.5 Å². The Hall–Kier alpha value is -1.45. The van der Waals surface area contributed by atoms with Gasteiger partial charge in [-0.15, -0.1) is 0 Å². The Kier molecular flexibility index (Phi) is 3.94. The fraction of sp³-hybridized carbons (Fsp3) is 0.154. The van der Waals surface area contributed by atoms with E-state index in [2.05, 4.69) is 4.98 Å². The summed E-state index contributed by atoms with van der Waals surface area (Å²) in [7, 11) is 0. The van der Waals surface area contributed by atoms with Gasteiger partial charge in [-0.1, -0.05) is 23.2 Å². The van der Waals surface area contributed by atoms with Gasteiger partial charge in [0, 0.05) is 5.02 Å². The van der Waals surface area contributed by atoms with Crippen molar-refractivity contribution >= 4 is 29.0 Å². The lowest BCUT2D eigenvalue weighted by molar-refractivity contribution is 0.299. The number of ether oxygens (including phenoxy) is 1. The first-order valence-corrected chi connectivity index (χ1v) is 6.11. The normalized spacial score (nSPS) is 10.4. The second-order valence-corrected chi connectivity index (χ2v) is 4.71. The summed E-state index contributed by atoms with van der Waals surface area (Å²) in [6.45, 7) is 2.20. The highest BCUT2D eigenvalue weighted by Crippen LogP contribution is 2.24. The summed E-state index contributed by atoms with van der Waals surface area (Å²) < 4.78 is 5.65. The molecular formula is C13H12Cl2N2O. The van der Waals surface area contributed by atoms with Gasteiger partial charge in [-0.2, -0.15) is 0 Å². The van der Waals surface area contributed by atoms with Crippen molar-refractivity contribution in [3.63, 3.8) is 0 Å². The molecule has 0 unspecified atom stereocenters. The largest absolute Gasteiger partial charge is 0.487 e. The predicted molar refractivity (Wildman–Crippen MR) is 74.2 cm³/mol. The highest BCUT2D eigenvalue weighted by atomic mass is 35.5. The van der Waals surface area contributed by atoms with Crippen LogP contribution in [-0.2, 0) is 6.61 Å². The molecule has 0 aliphatic heterocycles.